The van der Waals surface area contributed by atoms with Crippen molar-refractivity contribution in [3.63, 3.8) is 0 Å². The molecule has 2 aromatic heterocycles. The standard InChI is InChI=1S/C14H17N3O2S2/c1-8(18)12-11(15)13(20-3)14(21-12)17-7-9-4-5-16-10(6-9)19-2/h4-6,17H,7,15H2,1-3H3. The third kappa shape index (κ3) is 3.48. The van der Waals surface area contributed by atoms with Crippen molar-refractivity contribution < 1.29 is 9.53 Å². The third-order valence-electron chi connectivity index (χ3n) is 2.88. The van der Waals surface area contributed by atoms with E-state index in [0.29, 0.717) is 23.0 Å². The average Bonchev–Trinajstić information content (AvgIpc) is 2.81. The normalized spacial score (nSPS) is 10.4. The number of ketones is 1. The summed E-state index contributed by atoms with van der Waals surface area (Å²) in [6.45, 7) is 2.15. The smallest absolute Gasteiger partial charge is 0.213 e. The Labute approximate surface area is 131 Å². The molecular weight excluding hydrogens is 306 g/mol. The lowest BCUT2D eigenvalue weighted by molar-refractivity contribution is 0.102. The maximum atomic E-state index is 11.6. The van der Waals surface area contributed by atoms with Gasteiger partial charge in [-0.25, -0.2) is 4.98 Å². The maximum absolute atomic E-state index is 11.6. The lowest BCUT2D eigenvalue weighted by Crippen LogP contribution is -2.00. The highest BCUT2D eigenvalue weighted by atomic mass is 32.2. The van der Waals surface area contributed by atoms with E-state index < -0.39 is 0 Å². The molecule has 112 valence electrons. The van der Waals surface area contributed by atoms with Crippen LogP contribution in [0.5, 0.6) is 5.88 Å². The first-order chi connectivity index (χ1) is 10.1. The number of hydrogen-bond acceptors (Lipinski definition) is 7. The number of carbonyl (C=O) groups excluding carboxylic acids is 1. The van der Waals surface area contributed by atoms with Crippen LogP contribution in [0.1, 0.15) is 22.2 Å². The molecular formula is C14H17N3O2S2. The van der Waals surface area contributed by atoms with Gasteiger partial charge in [0.05, 0.1) is 22.6 Å². The molecule has 0 bridgehead atoms. The fourth-order valence-corrected chi connectivity index (χ4v) is 3.79. The molecule has 0 aliphatic heterocycles. The first-order valence-corrected chi connectivity index (χ1v) is 8.31. The van der Waals surface area contributed by atoms with Gasteiger partial charge in [0.15, 0.2) is 5.78 Å². The van der Waals surface area contributed by atoms with E-state index in [1.54, 1.807) is 13.3 Å². The van der Waals surface area contributed by atoms with Crippen molar-refractivity contribution in [2.24, 2.45) is 0 Å². The highest BCUT2D eigenvalue weighted by molar-refractivity contribution is 7.99. The van der Waals surface area contributed by atoms with E-state index in [1.807, 2.05) is 18.4 Å². The molecule has 3 N–H and O–H groups in total. The van der Waals surface area contributed by atoms with Crippen LogP contribution in [0.2, 0.25) is 0 Å². The fraction of sp³-hybridized carbons (Fsp3) is 0.286. The zero-order chi connectivity index (χ0) is 15.4. The summed E-state index contributed by atoms with van der Waals surface area (Å²) in [5.41, 5.74) is 7.64. The maximum Gasteiger partial charge on any atom is 0.213 e. The summed E-state index contributed by atoms with van der Waals surface area (Å²) in [5.74, 6) is 0.570. The number of nitrogens with two attached hydrogens (primary N) is 1. The first-order valence-electron chi connectivity index (χ1n) is 6.26. The van der Waals surface area contributed by atoms with E-state index in [-0.39, 0.29) is 5.78 Å². The lowest BCUT2D eigenvalue weighted by atomic mass is 10.2. The largest absolute Gasteiger partial charge is 0.481 e. The van der Waals surface area contributed by atoms with Crippen LogP contribution in [-0.2, 0) is 6.54 Å². The molecule has 7 heteroatoms. The zero-order valence-corrected chi connectivity index (χ0v) is 13.7. The third-order valence-corrected chi connectivity index (χ3v) is 5.11. The molecule has 0 aliphatic rings. The minimum Gasteiger partial charge on any atom is -0.481 e. The minimum atomic E-state index is -0.00793. The number of carbonyl (C=O) groups is 1. The van der Waals surface area contributed by atoms with Gasteiger partial charge in [-0.1, -0.05) is 0 Å². The molecule has 0 amide bonds. The number of rotatable bonds is 6. The molecule has 21 heavy (non-hydrogen) atoms. The molecule has 0 unspecified atom stereocenters. The summed E-state index contributed by atoms with van der Waals surface area (Å²) in [5, 5.41) is 4.25. The van der Waals surface area contributed by atoms with Crippen molar-refractivity contribution in [2.45, 2.75) is 18.4 Å². The number of anilines is 2. The lowest BCUT2D eigenvalue weighted by Gasteiger charge is -2.07. The summed E-state index contributed by atoms with van der Waals surface area (Å²) < 4.78 is 5.10. The van der Waals surface area contributed by atoms with Crippen LogP contribution >= 0.6 is 23.1 Å². The Morgan fingerprint density at radius 1 is 1.57 bits per heavy atom. The monoisotopic (exact) mass is 323 g/mol. The summed E-state index contributed by atoms with van der Waals surface area (Å²) in [7, 11) is 1.59. The van der Waals surface area contributed by atoms with Crippen LogP contribution in [0, 0.1) is 0 Å². The molecule has 5 nitrogen and oxygen atoms in total. The second-order valence-corrected chi connectivity index (χ2v) is 6.16. The molecule has 0 saturated heterocycles. The molecule has 0 radical (unpaired) electrons. The Morgan fingerprint density at radius 3 is 2.95 bits per heavy atom. The van der Waals surface area contributed by atoms with Crippen molar-refractivity contribution in [3.05, 3.63) is 28.8 Å². The highest BCUT2D eigenvalue weighted by Crippen LogP contribution is 2.42. The van der Waals surface area contributed by atoms with Gasteiger partial charge in [0.25, 0.3) is 0 Å². The first kappa shape index (κ1) is 15.7. The van der Waals surface area contributed by atoms with E-state index >= 15 is 0 Å². The van der Waals surface area contributed by atoms with E-state index in [1.165, 1.54) is 30.0 Å². The van der Waals surface area contributed by atoms with Crippen molar-refractivity contribution in [3.8, 4) is 5.88 Å². The number of hydrogen-bond donors (Lipinski definition) is 2. The van der Waals surface area contributed by atoms with E-state index in [9.17, 15) is 4.79 Å². The number of nitrogens with one attached hydrogen (secondary N) is 1. The molecule has 0 saturated carbocycles. The number of thiophene rings is 1. The van der Waals surface area contributed by atoms with Gasteiger partial charge in [-0.3, -0.25) is 4.79 Å². The zero-order valence-electron chi connectivity index (χ0n) is 12.1. The molecule has 0 atom stereocenters. The van der Waals surface area contributed by atoms with Crippen molar-refractivity contribution in [1.82, 2.24) is 4.98 Å². The van der Waals surface area contributed by atoms with Gasteiger partial charge in [-0.15, -0.1) is 23.1 Å². The Balaban J connectivity index is 2.19. The number of aromatic nitrogens is 1. The summed E-state index contributed by atoms with van der Waals surface area (Å²) in [6.07, 6.45) is 3.65. The highest BCUT2D eigenvalue weighted by Gasteiger charge is 2.17. The second kappa shape index (κ2) is 6.82. The fourth-order valence-electron chi connectivity index (χ4n) is 1.86. The topological polar surface area (TPSA) is 77.2 Å². The predicted octanol–water partition coefficient (Wildman–Crippen LogP) is 3.27. The van der Waals surface area contributed by atoms with Crippen molar-refractivity contribution in [1.29, 1.82) is 0 Å². The van der Waals surface area contributed by atoms with Crippen LogP contribution in [0.3, 0.4) is 0 Å². The number of thioether (sulfide) groups is 1. The van der Waals surface area contributed by atoms with E-state index in [4.69, 9.17) is 10.5 Å². The SMILES string of the molecule is COc1cc(CNc2sc(C(C)=O)c(N)c2SC)ccn1. The molecule has 0 aliphatic carbocycles. The van der Waals surface area contributed by atoms with Gasteiger partial charge in [-0.05, 0) is 17.9 Å². The number of nitrogens with zero attached hydrogens (tertiary/aromatic N) is 1. The molecule has 0 aromatic carbocycles. The van der Waals surface area contributed by atoms with Gasteiger partial charge in [0, 0.05) is 25.7 Å². The van der Waals surface area contributed by atoms with Gasteiger partial charge >= 0.3 is 0 Å². The molecule has 0 fully saturated rings. The predicted molar refractivity (Wildman–Crippen MR) is 88.6 cm³/mol. The Hall–Kier alpha value is -1.73. The quantitative estimate of drug-likeness (QED) is 0.627. The van der Waals surface area contributed by atoms with Crippen LogP contribution in [-0.4, -0.2) is 24.1 Å². The molecule has 0 spiro atoms. The Morgan fingerprint density at radius 2 is 2.33 bits per heavy atom. The van der Waals surface area contributed by atoms with Crippen LogP contribution < -0.4 is 15.8 Å². The molecule has 2 heterocycles. The van der Waals surface area contributed by atoms with Crippen molar-refractivity contribution >= 4 is 39.6 Å². The van der Waals surface area contributed by atoms with Gasteiger partial charge < -0.3 is 15.8 Å². The van der Waals surface area contributed by atoms with E-state index in [0.717, 1.165) is 15.5 Å². The number of pyridine rings is 1. The van der Waals surface area contributed by atoms with E-state index in [2.05, 4.69) is 10.3 Å². The summed E-state index contributed by atoms with van der Waals surface area (Å²) >= 11 is 2.93. The average molecular weight is 323 g/mol. The van der Waals surface area contributed by atoms with Crippen LogP contribution in [0.25, 0.3) is 0 Å². The Kier molecular flexibility index (Phi) is 5.08. The Bertz CT molecular complexity index is 656. The van der Waals surface area contributed by atoms with Gasteiger partial charge in [0.2, 0.25) is 5.88 Å². The van der Waals surface area contributed by atoms with Gasteiger partial charge in [-0.2, -0.15) is 0 Å². The number of Topliss-reactive ketones (excluding diaryl/α,β-unsaturated/α-hetero) is 1. The molecule has 2 rings (SSSR count). The van der Waals surface area contributed by atoms with Crippen molar-refractivity contribution in [2.75, 3.05) is 24.4 Å². The summed E-state index contributed by atoms with van der Waals surface area (Å²) in [4.78, 5) is 17.2. The minimum absolute atomic E-state index is 0.00793. The molecule has 2 aromatic rings. The van der Waals surface area contributed by atoms with Crippen LogP contribution in [0.4, 0.5) is 10.7 Å². The summed E-state index contributed by atoms with van der Waals surface area (Å²) in [6, 6.07) is 3.78. The number of ether oxygens (including phenoxy) is 1. The number of nitrogen functional groups attached to an aromatic ring is 1. The second-order valence-electron chi connectivity index (χ2n) is 4.32. The number of methoxy groups -OCH3 is 1. The van der Waals surface area contributed by atoms with Crippen LogP contribution in [0.15, 0.2) is 23.2 Å². The van der Waals surface area contributed by atoms with Gasteiger partial charge in [0.1, 0.15) is 5.00 Å².